The molecule has 6 heteroatoms. The first-order valence-electron chi connectivity index (χ1n) is 10.9. The van der Waals surface area contributed by atoms with Crippen molar-refractivity contribution in [2.45, 2.75) is 31.3 Å². The molecule has 0 aromatic heterocycles. The largest absolute Gasteiger partial charge is 0.494 e. The summed E-state index contributed by atoms with van der Waals surface area (Å²) in [7, 11) is 0. The fraction of sp³-hybridized carbons (Fsp3) is 0.269. The molecule has 32 heavy (non-hydrogen) atoms. The number of fused-ring (bicyclic) bond motifs is 1. The Kier molecular flexibility index (Phi) is 7.32. The van der Waals surface area contributed by atoms with E-state index in [-0.39, 0.29) is 11.7 Å². The zero-order chi connectivity index (χ0) is 22.3. The van der Waals surface area contributed by atoms with Gasteiger partial charge in [-0.3, -0.25) is 4.79 Å². The van der Waals surface area contributed by atoms with Gasteiger partial charge in [-0.05, 0) is 60.0 Å². The number of nitrogens with one attached hydrogen (secondary N) is 1. The number of carbonyl (C=O) groups is 1. The van der Waals surface area contributed by atoms with Gasteiger partial charge in [0.2, 0.25) is 0 Å². The number of thioether (sulfide) groups is 1. The van der Waals surface area contributed by atoms with Crippen LogP contribution >= 0.6 is 11.8 Å². The Morgan fingerprint density at radius 2 is 1.81 bits per heavy atom. The number of hydrogen-bond acceptors (Lipinski definition) is 4. The molecule has 1 amide bonds. The Balaban J connectivity index is 1.41. The standard InChI is InChI=1S/C26H27FN2O2S/c1-2-14-31-23-10-5-19(6-11-23)17-28-26(30)21-7-12-25-24(16-21)29(13-15-32-25)18-20-3-8-22(27)9-4-20/h3-12,16H,2,13-15,17-18H2,1H3,(H,28,30). The summed E-state index contributed by atoms with van der Waals surface area (Å²) in [6.07, 6.45) is 0.971. The van der Waals surface area contributed by atoms with Crippen molar-refractivity contribution < 1.29 is 13.9 Å². The Morgan fingerprint density at radius 1 is 1.06 bits per heavy atom. The van der Waals surface area contributed by atoms with Crippen molar-refractivity contribution in [1.29, 1.82) is 0 Å². The van der Waals surface area contributed by atoms with E-state index in [0.29, 0.717) is 25.3 Å². The molecule has 0 bridgehead atoms. The molecule has 0 fully saturated rings. The molecule has 4 nitrogen and oxygen atoms in total. The highest BCUT2D eigenvalue weighted by Gasteiger charge is 2.19. The third kappa shape index (κ3) is 5.62. The fourth-order valence-electron chi connectivity index (χ4n) is 3.60. The third-order valence-electron chi connectivity index (χ3n) is 5.32. The van der Waals surface area contributed by atoms with E-state index in [4.69, 9.17) is 4.74 Å². The first-order valence-corrected chi connectivity index (χ1v) is 11.9. The van der Waals surface area contributed by atoms with Crippen molar-refractivity contribution in [3.05, 3.63) is 89.2 Å². The first kappa shape index (κ1) is 22.2. The lowest BCUT2D eigenvalue weighted by molar-refractivity contribution is 0.0951. The average Bonchev–Trinajstić information content (AvgIpc) is 2.83. The smallest absolute Gasteiger partial charge is 0.251 e. The summed E-state index contributed by atoms with van der Waals surface area (Å²) in [5, 5.41) is 3.01. The molecule has 3 aromatic rings. The molecule has 0 unspecified atom stereocenters. The van der Waals surface area contributed by atoms with Crippen molar-refractivity contribution in [2.75, 3.05) is 23.8 Å². The Hall–Kier alpha value is -2.99. The molecule has 0 spiro atoms. The van der Waals surface area contributed by atoms with Crippen LogP contribution in [0, 0.1) is 5.82 Å². The first-order chi connectivity index (χ1) is 15.6. The fourth-order valence-corrected chi connectivity index (χ4v) is 4.63. The number of carbonyl (C=O) groups excluding carboxylic acids is 1. The summed E-state index contributed by atoms with van der Waals surface area (Å²) in [5.41, 5.74) is 3.76. The molecule has 1 heterocycles. The minimum atomic E-state index is -0.231. The minimum Gasteiger partial charge on any atom is -0.494 e. The van der Waals surface area contributed by atoms with Crippen LogP contribution in [0.1, 0.15) is 34.8 Å². The highest BCUT2D eigenvalue weighted by atomic mass is 32.2. The van der Waals surface area contributed by atoms with E-state index in [1.54, 1.807) is 11.8 Å². The number of nitrogens with zero attached hydrogens (tertiary/aromatic N) is 1. The van der Waals surface area contributed by atoms with E-state index in [1.165, 1.54) is 12.1 Å². The monoisotopic (exact) mass is 450 g/mol. The van der Waals surface area contributed by atoms with Gasteiger partial charge in [0.05, 0.1) is 12.3 Å². The zero-order valence-electron chi connectivity index (χ0n) is 18.1. The van der Waals surface area contributed by atoms with Crippen LogP contribution < -0.4 is 15.0 Å². The van der Waals surface area contributed by atoms with Gasteiger partial charge in [0.25, 0.3) is 5.91 Å². The normalized spacial score (nSPS) is 12.9. The molecule has 1 aliphatic heterocycles. The van der Waals surface area contributed by atoms with E-state index in [0.717, 1.165) is 46.2 Å². The molecular weight excluding hydrogens is 423 g/mol. The third-order valence-corrected chi connectivity index (χ3v) is 6.36. The molecule has 3 aromatic carbocycles. The topological polar surface area (TPSA) is 41.6 Å². The van der Waals surface area contributed by atoms with Gasteiger partial charge in [-0.25, -0.2) is 4.39 Å². The van der Waals surface area contributed by atoms with Crippen molar-refractivity contribution in [3.8, 4) is 5.75 Å². The van der Waals surface area contributed by atoms with Crippen molar-refractivity contribution in [3.63, 3.8) is 0 Å². The predicted octanol–water partition coefficient (Wildman–Crippen LogP) is 5.66. The van der Waals surface area contributed by atoms with Gasteiger partial charge in [-0.15, -0.1) is 11.8 Å². The number of halogens is 1. The number of benzene rings is 3. The molecular formula is C26H27FN2O2S. The average molecular weight is 451 g/mol. The van der Waals surface area contributed by atoms with Crippen LogP contribution in [-0.2, 0) is 13.1 Å². The van der Waals surface area contributed by atoms with E-state index < -0.39 is 0 Å². The lowest BCUT2D eigenvalue weighted by Gasteiger charge is -2.31. The van der Waals surface area contributed by atoms with E-state index in [9.17, 15) is 9.18 Å². The SMILES string of the molecule is CCCOc1ccc(CNC(=O)c2ccc3c(c2)N(Cc2ccc(F)cc2)CCS3)cc1. The van der Waals surface area contributed by atoms with Crippen molar-refractivity contribution in [2.24, 2.45) is 0 Å². The second-order valence-electron chi connectivity index (χ2n) is 7.75. The number of ether oxygens (including phenoxy) is 1. The highest BCUT2D eigenvalue weighted by Crippen LogP contribution is 2.36. The summed E-state index contributed by atoms with van der Waals surface area (Å²) in [5.74, 6) is 1.50. The lowest BCUT2D eigenvalue weighted by Crippen LogP contribution is -2.29. The van der Waals surface area contributed by atoms with E-state index in [1.807, 2.05) is 54.6 Å². The molecule has 0 radical (unpaired) electrons. The predicted molar refractivity (Wildman–Crippen MR) is 128 cm³/mol. The number of anilines is 1. The number of rotatable bonds is 8. The molecule has 0 aliphatic carbocycles. The minimum absolute atomic E-state index is 0.101. The molecule has 1 N–H and O–H groups in total. The van der Waals surface area contributed by atoms with E-state index >= 15 is 0 Å². The number of hydrogen-bond donors (Lipinski definition) is 1. The molecule has 1 aliphatic rings. The van der Waals surface area contributed by atoms with Gasteiger partial charge in [-0.2, -0.15) is 0 Å². The summed E-state index contributed by atoms with van der Waals surface area (Å²) in [6.45, 7) is 4.80. The maximum atomic E-state index is 13.2. The van der Waals surface area contributed by atoms with Crippen LogP contribution in [0.5, 0.6) is 5.75 Å². The second kappa shape index (κ2) is 10.6. The maximum Gasteiger partial charge on any atom is 0.251 e. The van der Waals surface area contributed by atoms with Gasteiger partial charge in [-0.1, -0.05) is 31.2 Å². The molecule has 166 valence electrons. The van der Waals surface area contributed by atoms with Gasteiger partial charge >= 0.3 is 0 Å². The van der Waals surface area contributed by atoms with Gasteiger partial charge in [0, 0.05) is 35.8 Å². The summed E-state index contributed by atoms with van der Waals surface area (Å²) in [4.78, 5) is 16.2. The van der Waals surface area contributed by atoms with Crippen molar-refractivity contribution in [1.82, 2.24) is 5.32 Å². The summed E-state index contributed by atoms with van der Waals surface area (Å²) in [6, 6.07) is 20.3. The highest BCUT2D eigenvalue weighted by molar-refractivity contribution is 7.99. The molecule has 0 saturated heterocycles. The Bertz CT molecular complexity index is 1050. The van der Waals surface area contributed by atoms with Crippen molar-refractivity contribution >= 4 is 23.4 Å². The van der Waals surface area contributed by atoms with Crippen LogP contribution in [-0.4, -0.2) is 24.8 Å². The van der Waals surface area contributed by atoms with Crippen LogP contribution in [0.2, 0.25) is 0 Å². The lowest BCUT2D eigenvalue weighted by atomic mass is 10.1. The van der Waals surface area contributed by atoms with E-state index in [2.05, 4.69) is 17.1 Å². The van der Waals surface area contributed by atoms with Crippen LogP contribution in [0.15, 0.2) is 71.6 Å². The van der Waals surface area contributed by atoms with Gasteiger partial charge in [0.15, 0.2) is 0 Å². The quantitative estimate of drug-likeness (QED) is 0.481. The number of amides is 1. The molecule has 0 atom stereocenters. The Morgan fingerprint density at radius 3 is 2.56 bits per heavy atom. The zero-order valence-corrected chi connectivity index (χ0v) is 19.0. The van der Waals surface area contributed by atoms with Gasteiger partial charge < -0.3 is 15.0 Å². The second-order valence-corrected chi connectivity index (χ2v) is 8.89. The molecule has 0 saturated carbocycles. The summed E-state index contributed by atoms with van der Waals surface area (Å²) < 4.78 is 18.8. The van der Waals surface area contributed by atoms with Gasteiger partial charge in [0.1, 0.15) is 11.6 Å². The Labute approximate surface area is 192 Å². The maximum absolute atomic E-state index is 13.2. The van der Waals surface area contributed by atoms with Crippen LogP contribution in [0.25, 0.3) is 0 Å². The van der Waals surface area contributed by atoms with Crippen LogP contribution in [0.3, 0.4) is 0 Å². The summed E-state index contributed by atoms with van der Waals surface area (Å²) >= 11 is 1.80. The van der Waals surface area contributed by atoms with Crippen LogP contribution in [0.4, 0.5) is 10.1 Å². The molecule has 4 rings (SSSR count).